The Morgan fingerprint density at radius 3 is 2.28 bits per heavy atom. The van der Waals surface area contributed by atoms with Crippen LogP contribution in [0.5, 0.6) is 0 Å². The number of benzene rings is 2. The zero-order valence-electron chi connectivity index (χ0n) is 33.8. The third kappa shape index (κ3) is 8.68. The van der Waals surface area contributed by atoms with Crippen LogP contribution in [0.3, 0.4) is 0 Å². The van der Waals surface area contributed by atoms with E-state index in [0.717, 1.165) is 122 Å². The lowest BCUT2D eigenvalue weighted by atomic mass is 9.57. The van der Waals surface area contributed by atoms with Gasteiger partial charge >= 0.3 is 6.09 Å². The van der Waals surface area contributed by atoms with Crippen molar-refractivity contribution in [3.8, 4) is 0 Å². The van der Waals surface area contributed by atoms with Crippen molar-refractivity contribution in [2.45, 2.75) is 66.5 Å². The molecule has 5 saturated heterocycles. The number of nitrogens with zero attached hydrogens (tertiary/aromatic N) is 5. The molecule has 4 atom stereocenters. The topological polar surface area (TPSA) is 126 Å². The van der Waals surface area contributed by atoms with Crippen LogP contribution in [0.2, 0.25) is 0 Å². The predicted molar refractivity (Wildman–Crippen MR) is 221 cm³/mol. The molecule has 58 heavy (non-hydrogen) atoms. The number of ether oxygens (including phenoxy) is 1. The van der Waals surface area contributed by atoms with Gasteiger partial charge in [0.05, 0.1) is 18.1 Å². The van der Waals surface area contributed by atoms with Crippen LogP contribution in [0.4, 0.5) is 14.9 Å². The van der Waals surface area contributed by atoms with E-state index in [-0.39, 0.29) is 42.2 Å². The van der Waals surface area contributed by atoms with Gasteiger partial charge in [-0.05, 0) is 124 Å². The summed E-state index contributed by atoms with van der Waals surface area (Å²) >= 11 is 0. The molecule has 5 aliphatic heterocycles. The molecule has 14 heteroatoms. The maximum Gasteiger partial charge on any atom is 0.404 e. The molecule has 2 aromatic carbocycles. The van der Waals surface area contributed by atoms with E-state index < -0.39 is 21.2 Å². The minimum absolute atomic E-state index is 0.108. The minimum atomic E-state index is -3.57. The number of hydrogen-bond acceptors (Lipinski definition) is 9. The normalized spacial score (nSPS) is 26.5. The second kappa shape index (κ2) is 17.6. The maximum absolute atomic E-state index is 15.0. The highest BCUT2D eigenvalue weighted by Crippen LogP contribution is 2.51. The van der Waals surface area contributed by atoms with Gasteiger partial charge in [0.25, 0.3) is 5.91 Å². The molecule has 0 radical (unpaired) electrons. The van der Waals surface area contributed by atoms with Crippen molar-refractivity contribution in [2.75, 3.05) is 103 Å². The van der Waals surface area contributed by atoms with Gasteiger partial charge in [-0.2, -0.15) is 0 Å². The number of halogens is 1. The number of sulfone groups is 1. The first-order valence-electron chi connectivity index (χ1n) is 21.6. The van der Waals surface area contributed by atoms with Crippen molar-refractivity contribution < 1.29 is 32.2 Å². The van der Waals surface area contributed by atoms with Crippen molar-refractivity contribution in [3.05, 3.63) is 72.1 Å². The largest absolute Gasteiger partial charge is 0.465 e. The lowest BCUT2D eigenvalue weighted by Crippen LogP contribution is -2.59. The number of carbonyl (C=O) groups is 2. The van der Waals surface area contributed by atoms with E-state index in [2.05, 4.69) is 37.6 Å². The second-order valence-corrected chi connectivity index (χ2v) is 20.0. The van der Waals surface area contributed by atoms with Crippen molar-refractivity contribution in [3.63, 3.8) is 0 Å². The Bertz CT molecular complexity index is 1890. The molecule has 2 unspecified atom stereocenters. The van der Waals surface area contributed by atoms with Crippen molar-refractivity contribution in [1.82, 2.24) is 24.9 Å². The molecular weight excluding hydrogens is 760 g/mol. The standard InChI is InChI=1S/C44H61FN6O6S/c1-32(26-48-21-23-57-24-22-48)42(52)51-29-39(30-51)58(55,56)38-11-9-37(10-12-38)50-20-13-33(28-50)27-47-18-14-34(15-19-47)44(31-49-16-4-17-49,35-5-2-6-36(45)25-35)40-7-3-8-41(40)46-43(53)54/h2,5-6,9-12,25,33-34,39-41,46H,1,3-4,7-8,13-24,26-31H2,(H,53,54)/t33?,40-,41-,44?/m0/s1. The van der Waals surface area contributed by atoms with Gasteiger partial charge in [0.1, 0.15) is 11.1 Å². The van der Waals surface area contributed by atoms with E-state index >= 15 is 0 Å². The summed E-state index contributed by atoms with van der Waals surface area (Å²) in [7, 11) is -3.57. The molecule has 2 amide bonds. The van der Waals surface area contributed by atoms with E-state index in [1.165, 1.54) is 6.07 Å². The third-order valence-electron chi connectivity index (χ3n) is 14.3. The number of hydrogen-bond donors (Lipinski definition) is 2. The smallest absolute Gasteiger partial charge is 0.404 e. The number of likely N-dealkylation sites (tertiary alicyclic amines) is 3. The highest BCUT2D eigenvalue weighted by molar-refractivity contribution is 7.92. The Balaban J connectivity index is 0.858. The van der Waals surface area contributed by atoms with E-state index in [1.807, 2.05) is 18.2 Å². The van der Waals surface area contributed by atoms with Crippen LogP contribution >= 0.6 is 0 Å². The fourth-order valence-corrected chi connectivity index (χ4v) is 12.7. The number of nitrogens with one attached hydrogen (secondary N) is 1. The molecule has 2 aromatic rings. The number of carboxylic acid groups (broad SMARTS) is 1. The van der Waals surface area contributed by atoms with Gasteiger partial charge in [-0.3, -0.25) is 9.69 Å². The first kappa shape index (κ1) is 41.2. The van der Waals surface area contributed by atoms with Gasteiger partial charge in [-0.1, -0.05) is 25.1 Å². The first-order chi connectivity index (χ1) is 28.0. The molecule has 8 rings (SSSR count). The van der Waals surface area contributed by atoms with E-state index in [4.69, 9.17) is 4.74 Å². The average molecular weight is 821 g/mol. The van der Waals surface area contributed by atoms with E-state index in [0.29, 0.717) is 42.1 Å². The van der Waals surface area contributed by atoms with Crippen molar-refractivity contribution >= 4 is 27.5 Å². The fraction of sp³-hybridized carbons (Fsp3) is 0.636. The lowest BCUT2D eigenvalue weighted by Gasteiger charge is -2.53. The molecule has 1 saturated carbocycles. The Morgan fingerprint density at radius 1 is 0.862 bits per heavy atom. The number of piperidine rings is 1. The summed E-state index contributed by atoms with van der Waals surface area (Å²) in [6, 6.07) is 14.3. The van der Waals surface area contributed by atoms with Gasteiger partial charge < -0.3 is 34.8 Å². The molecular formula is C44H61FN6O6S. The molecule has 2 N–H and O–H groups in total. The molecule has 316 valence electrons. The number of rotatable bonds is 14. The summed E-state index contributed by atoms with van der Waals surface area (Å²) in [5.74, 6) is 0.505. The number of anilines is 1. The highest BCUT2D eigenvalue weighted by atomic mass is 32.2. The predicted octanol–water partition coefficient (Wildman–Crippen LogP) is 4.32. The Morgan fingerprint density at radius 2 is 1.60 bits per heavy atom. The summed E-state index contributed by atoms with van der Waals surface area (Å²) < 4.78 is 47.4. The second-order valence-electron chi connectivity index (χ2n) is 17.8. The summed E-state index contributed by atoms with van der Waals surface area (Å²) in [5, 5.41) is 12.1. The van der Waals surface area contributed by atoms with Gasteiger partial charge in [0.2, 0.25) is 0 Å². The molecule has 0 bridgehead atoms. The zero-order chi connectivity index (χ0) is 40.4. The van der Waals surface area contributed by atoms with Gasteiger partial charge in [-0.25, -0.2) is 17.6 Å². The molecule has 6 aliphatic rings. The third-order valence-corrected chi connectivity index (χ3v) is 16.4. The van der Waals surface area contributed by atoms with E-state index in [1.54, 1.807) is 23.1 Å². The van der Waals surface area contributed by atoms with Crippen LogP contribution in [0.15, 0.2) is 65.6 Å². The van der Waals surface area contributed by atoms with Crippen LogP contribution in [0, 0.1) is 23.6 Å². The van der Waals surface area contributed by atoms with Crippen LogP contribution in [-0.2, 0) is 24.8 Å². The summed E-state index contributed by atoms with van der Waals surface area (Å²) in [6.45, 7) is 15.3. The molecule has 6 fully saturated rings. The molecule has 0 spiro atoms. The summed E-state index contributed by atoms with van der Waals surface area (Å²) in [4.78, 5) is 36.4. The molecule has 5 heterocycles. The monoisotopic (exact) mass is 820 g/mol. The maximum atomic E-state index is 15.0. The number of carbonyl (C=O) groups excluding carboxylic acids is 1. The minimum Gasteiger partial charge on any atom is -0.465 e. The Labute approximate surface area is 343 Å². The highest BCUT2D eigenvalue weighted by Gasteiger charge is 2.53. The Kier molecular flexibility index (Phi) is 12.5. The van der Waals surface area contributed by atoms with Crippen LogP contribution in [0.25, 0.3) is 0 Å². The summed E-state index contributed by atoms with van der Waals surface area (Å²) in [6.07, 6.45) is 5.95. The van der Waals surface area contributed by atoms with Gasteiger partial charge in [0.15, 0.2) is 9.84 Å². The van der Waals surface area contributed by atoms with Crippen LogP contribution < -0.4 is 10.2 Å². The van der Waals surface area contributed by atoms with E-state index in [9.17, 15) is 27.5 Å². The molecule has 1 aliphatic carbocycles. The first-order valence-corrected chi connectivity index (χ1v) is 23.1. The SMILES string of the molecule is C=C(CN1CCOCC1)C(=O)N1CC(S(=O)(=O)c2ccc(N3CCC(CN4CCC(C(CN5CCC5)(c5cccc(F)c5)[C@H]5CCC[C@@H]5NC(=O)O)CC4)C3)cc2)C1. The number of morpholine rings is 1. The quantitative estimate of drug-likeness (QED) is 0.267. The number of amides is 2. The average Bonchev–Trinajstić information content (AvgIpc) is 3.84. The molecule has 12 nitrogen and oxygen atoms in total. The Hall–Kier alpha value is -3.56. The van der Waals surface area contributed by atoms with Gasteiger partial charge in [-0.15, -0.1) is 0 Å². The van der Waals surface area contributed by atoms with Crippen LogP contribution in [0.1, 0.15) is 50.5 Å². The summed E-state index contributed by atoms with van der Waals surface area (Å²) in [5.41, 5.74) is 2.20. The van der Waals surface area contributed by atoms with Crippen molar-refractivity contribution in [2.24, 2.45) is 17.8 Å². The zero-order valence-corrected chi connectivity index (χ0v) is 34.6. The lowest BCUT2D eigenvalue weighted by molar-refractivity contribution is -0.130. The van der Waals surface area contributed by atoms with Crippen molar-refractivity contribution in [1.29, 1.82) is 0 Å². The van der Waals surface area contributed by atoms with Gasteiger partial charge in [0, 0.05) is 81.6 Å². The fourth-order valence-electron chi connectivity index (χ4n) is 11.1. The van der Waals surface area contributed by atoms with Crippen LogP contribution in [-0.4, -0.2) is 155 Å². The molecule has 0 aromatic heterocycles.